The van der Waals surface area contributed by atoms with Crippen molar-refractivity contribution < 1.29 is 15.0 Å². The fourth-order valence-electron chi connectivity index (χ4n) is 3.62. The second kappa shape index (κ2) is 4.78. The molecule has 2 rings (SSSR count). The first-order chi connectivity index (χ1) is 8.36. The Kier molecular flexibility index (Phi) is 3.65. The van der Waals surface area contributed by atoms with Gasteiger partial charge in [0, 0.05) is 11.8 Å². The van der Waals surface area contributed by atoms with Crippen LogP contribution < -0.4 is 0 Å². The number of aliphatic hydroxyl groups excluding tert-OH is 2. The summed E-state index contributed by atoms with van der Waals surface area (Å²) in [6.45, 7) is 7.99. The van der Waals surface area contributed by atoms with Crippen molar-refractivity contribution in [2.24, 2.45) is 23.7 Å². The monoisotopic (exact) mass is 252 g/mol. The number of allylic oxidation sites excluding steroid dienone is 1. The highest BCUT2D eigenvalue weighted by Crippen LogP contribution is 2.45. The van der Waals surface area contributed by atoms with Crippen LogP contribution in [0.2, 0.25) is 0 Å². The number of carbonyl (C=O) groups is 1. The van der Waals surface area contributed by atoms with E-state index >= 15 is 0 Å². The van der Waals surface area contributed by atoms with Gasteiger partial charge < -0.3 is 10.2 Å². The Morgan fingerprint density at radius 3 is 2.44 bits per heavy atom. The third kappa shape index (κ3) is 1.94. The van der Waals surface area contributed by atoms with Crippen LogP contribution in [0.25, 0.3) is 0 Å². The highest BCUT2D eigenvalue weighted by atomic mass is 16.3. The number of rotatable bonds is 1. The van der Waals surface area contributed by atoms with Crippen LogP contribution in [-0.2, 0) is 4.79 Å². The average Bonchev–Trinajstić information content (AvgIpc) is 2.32. The molecule has 0 aliphatic heterocycles. The van der Waals surface area contributed by atoms with Gasteiger partial charge >= 0.3 is 0 Å². The fourth-order valence-corrected chi connectivity index (χ4v) is 3.62. The summed E-state index contributed by atoms with van der Waals surface area (Å²) in [7, 11) is 0. The molecule has 3 nitrogen and oxygen atoms in total. The van der Waals surface area contributed by atoms with Crippen LogP contribution in [0.4, 0.5) is 0 Å². The molecule has 0 aromatic rings. The van der Waals surface area contributed by atoms with E-state index in [2.05, 4.69) is 13.8 Å². The number of hydrogen-bond donors (Lipinski definition) is 2. The molecular formula is C15H24O3. The van der Waals surface area contributed by atoms with Gasteiger partial charge in [-0.25, -0.2) is 0 Å². The van der Waals surface area contributed by atoms with Crippen molar-refractivity contribution in [3.8, 4) is 0 Å². The predicted octanol–water partition coefficient (Wildman–Crippen LogP) is 1.93. The molecule has 2 N–H and O–H groups in total. The molecule has 0 saturated heterocycles. The third-order valence-electron chi connectivity index (χ3n) is 4.87. The summed E-state index contributed by atoms with van der Waals surface area (Å²) in [4.78, 5) is 12.5. The zero-order valence-corrected chi connectivity index (χ0v) is 11.7. The van der Waals surface area contributed by atoms with E-state index < -0.39 is 18.1 Å². The topological polar surface area (TPSA) is 57.5 Å². The molecule has 1 fully saturated rings. The number of carbonyl (C=O) groups excluding carboxylic acids is 1. The maximum absolute atomic E-state index is 12.5. The molecule has 102 valence electrons. The molecular weight excluding hydrogens is 228 g/mol. The standard InChI is InChI=1S/C15H24O3/c1-7(2)10-6-5-8(3)11-12(10)13(16)9(4)14(17)15(11)18/h7,9-10,12,14-15,17-18H,5-6H2,1-4H3. The summed E-state index contributed by atoms with van der Waals surface area (Å²) in [6.07, 6.45) is 0.146. The molecule has 3 heteroatoms. The minimum atomic E-state index is -0.940. The van der Waals surface area contributed by atoms with Gasteiger partial charge in [0.2, 0.25) is 0 Å². The molecule has 5 unspecified atom stereocenters. The summed E-state index contributed by atoms with van der Waals surface area (Å²) >= 11 is 0. The Hall–Kier alpha value is -0.670. The van der Waals surface area contributed by atoms with Crippen molar-refractivity contribution in [1.29, 1.82) is 0 Å². The van der Waals surface area contributed by atoms with Crippen molar-refractivity contribution in [2.75, 3.05) is 0 Å². The first-order valence-electron chi connectivity index (χ1n) is 6.95. The van der Waals surface area contributed by atoms with Gasteiger partial charge in [-0.15, -0.1) is 0 Å². The predicted molar refractivity (Wildman–Crippen MR) is 69.9 cm³/mol. The van der Waals surface area contributed by atoms with E-state index in [9.17, 15) is 15.0 Å². The van der Waals surface area contributed by atoms with Crippen molar-refractivity contribution in [1.82, 2.24) is 0 Å². The van der Waals surface area contributed by atoms with Gasteiger partial charge in [-0.1, -0.05) is 26.3 Å². The molecule has 2 aliphatic carbocycles. The largest absolute Gasteiger partial charge is 0.389 e. The summed E-state index contributed by atoms with van der Waals surface area (Å²) in [5, 5.41) is 20.3. The normalized spacial score (nSPS) is 41.3. The summed E-state index contributed by atoms with van der Waals surface area (Å²) in [5.74, 6) is 0.214. The van der Waals surface area contributed by atoms with E-state index in [-0.39, 0.29) is 11.7 Å². The smallest absolute Gasteiger partial charge is 0.145 e. The number of hydrogen-bond acceptors (Lipinski definition) is 3. The zero-order chi connectivity index (χ0) is 13.6. The van der Waals surface area contributed by atoms with Gasteiger partial charge in [-0.2, -0.15) is 0 Å². The SMILES string of the molecule is CC1=C2C(O)C(O)C(C)C(=O)C2C(C(C)C)CC1. The third-order valence-corrected chi connectivity index (χ3v) is 4.87. The number of aliphatic hydroxyl groups is 2. The van der Waals surface area contributed by atoms with Gasteiger partial charge in [-0.05, 0) is 37.2 Å². The van der Waals surface area contributed by atoms with Crippen LogP contribution in [0.1, 0.15) is 40.5 Å². The van der Waals surface area contributed by atoms with E-state index in [0.29, 0.717) is 11.8 Å². The molecule has 0 aromatic heterocycles. The van der Waals surface area contributed by atoms with Crippen molar-refractivity contribution in [3.63, 3.8) is 0 Å². The van der Waals surface area contributed by atoms with Crippen molar-refractivity contribution in [3.05, 3.63) is 11.1 Å². The minimum Gasteiger partial charge on any atom is -0.389 e. The summed E-state index contributed by atoms with van der Waals surface area (Å²) in [5.41, 5.74) is 1.92. The Labute approximate surface area is 109 Å². The molecule has 1 saturated carbocycles. The van der Waals surface area contributed by atoms with Gasteiger partial charge in [0.25, 0.3) is 0 Å². The first kappa shape index (κ1) is 13.8. The van der Waals surface area contributed by atoms with Crippen LogP contribution in [0.15, 0.2) is 11.1 Å². The second-order valence-electron chi connectivity index (χ2n) is 6.29. The molecule has 0 heterocycles. The lowest BCUT2D eigenvalue weighted by Crippen LogP contribution is -2.52. The van der Waals surface area contributed by atoms with Gasteiger partial charge in [0.05, 0.1) is 6.10 Å². The fraction of sp³-hybridized carbons (Fsp3) is 0.800. The Morgan fingerprint density at radius 2 is 1.89 bits per heavy atom. The van der Waals surface area contributed by atoms with E-state index in [0.717, 1.165) is 24.0 Å². The van der Waals surface area contributed by atoms with Crippen LogP contribution in [0.5, 0.6) is 0 Å². The molecule has 2 aliphatic rings. The lowest BCUT2D eigenvalue weighted by atomic mass is 9.61. The molecule has 0 aromatic carbocycles. The van der Waals surface area contributed by atoms with Gasteiger partial charge in [-0.3, -0.25) is 4.79 Å². The van der Waals surface area contributed by atoms with E-state index in [1.54, 1.807) is 6.92 Å². The van der Waals surface area contributed by atoms with Crippen LogP contribution in [0, 0.1) is 23.7 Å². The molecule has 18 heavy (non-hydrogen) atoms. The lowest BCUT2D eigenvalue weighted by molar-refractivity contribution is -0.139. The Bertz CT molecular complexity index is 383. The van der Waals surface area contributed by atoms with Crippen LogP contribution in [0.3, 0.4) is 0 Å². The van der Waals surface area contributed by atoms with Crippen molar-refractivity contribution in [2.45, 2.75) is 52.7 Å². The summed E-state index contributed by atoms with van der Waals surface area (Å²) in [6, 6.07) is 0. The number of fused-ring (bicyclic) bond motifs is 1. The van der Waals surface area contributed by atoms with Crippen LogP contribution >= 0.6 is 0 Å². The maximum atomic E-state index is 12.5. The number of ketones is 1. The number of Topliss-reactive ketones (excluding diaryl/α,β-unsaturated/α-hetero) is 1. The minimum absolute atomic E-state index is 0.112. The summed E-state index contributed by atoms with van der Waals surface area (Å²) < 4.78 is 0. The lowest BCUT2D eigenvalue weighted by Gasteiger charge is -2.45. The molecule has 0 radical (unpaired) electrons. The van der Waals surface area contributed by atoms with Gasteiger partial charge in [0.15, 0.2) is 0 Å². The second-order valence-corrected chi connectivity index (χ2v) is 6.29. The van der Waals surface area contributed by atoms with Gasteiger partial charge in [0.1, 0.15) is 11.9 Å². The molecule has 0 amide bonds. The highest BCUT2D eigenvalue weighted by molar-refractivity contribution is 5.88. The highest BCUT2D eigenvalue weighted by Gasteiger charge is 2.49. The Balaban J connectivity index is 2.46. The Morgan fingerprint density at radius 1 is 1.28 bits per heavy atom. The van der Waals surface area contributed by atoms with E-state index in [1.165, 1.54) is 0 Å². The maximum Gasteiger partial charge on any atom is 0.145 e. The zero-order valence-electron chi connectivity index (χ0n) is 11.7. The molecule has 0 bridgehead atoms. The first-order valence-corrected chi connectivity index (χ1v) is 6.95. The average molecular weight is 252 g/mol. The van der Waals surface area contributed by atoms with Crippen LogP contribution in [-0.4, -0.2) is 28.2 Å². The van der Waals surface area contributed by atoms with Crippen molar-refractivity contribution >= 4 is 5.78 Å². The molecule has 0 spiro atoms. The quantitative estimate of drug-likeness (QED) is 0.701. The van der Waals surface area contributed by atoms with E-state index in [4.69, 9.17) is 0 Å². The van der Waals surface area contributed by atoms with E-state index in [1.807, 2.05) is 6.92 Å². The molecule has 5 atom stereocenters.